The Morgan fingerprint density at radius 3 is 2.27 bits per heavy atom. The topological polar surface area (TPSA) is 49.9 Å². The summed E-state index contributed by atoms with van der Waals surface area (Å²) < 4.78 is 5.77. The number of benzene rings is 3. The SMILES string of the molecule is Cc1cc(C=O)cc(C)c1N1CCN(C(=O)COc2ccc3ccccc3c2)CC1. The molecule has 5 heteroatoms. The number of nitrogens with zero attached hydrogens (tertiary/aromatic N) is 2. The molecule has 1 heterocycles. The van der Waals surface area contributed by atoms with Crippen molar-refractivity contribution in [2.45, 2.75) is 13.8 Å². The number of aldehydes is 1. The molecule has 5 nitrogen and oxygen atoms in total. The number of piperazine rings is 1. The molecule has 30 heavy (non-hydrogen) atoms. The summed E-state index contributed by atoms with van der Waals surface area (Å²) in [5.41, 5.74) is 4.06. The van der Waals surface area contributed by atoms with Crippen molar-refractivity contribution >= 4 is 28.7 Å². The molecule has 3 aromatic rings. The zero-order valence-corrected chi connectivity index (χ0v) is 17.4. The van der Waals surface area contributed by atoms with Crippen molar-refractivity contribution in [1.82, 2.24) is 4.90 Å². The fourth-order valence-electron chi connectivity index (χ4n) is 4.23. The minimum absolute atomic E-state index is 0.00700. The van der Waals surface area contributed by atoms with Crippen LogP contribution in [0.5, 0.6) is 5.75 Å². The van der Waals surface area contributed by atoms with Crippen molar-refractivity contribution in [3.05, 3.63) is 71.3 Å². The first-order chi connectivity index (χ1) is 14.5. The first kappa shape index (κ1) is 20.0. The molecule has 0 aliphatic carbocycles. The lowest BCUT2D eigenvalue weighted by molar-refractivity contribution is -0.133. The molecule has 0 bridgehead atoms. The van der Waals surface area contributed by atoms with Crippen LogP contribution < -0.4 is 9.64 Å². The normalized spacial score (nSPS) is 14.1. The van der Waals surface area contributed by atoms with Crippen LogP contribution in [0.25, 0.3) is 10.8 Å². The minimum Gasteiger partial charge on any atom is -0.484 e. The van der Waals surface area contributed by atoms with Gasteiger partial charge in [-0.05, 0) is 60.0 Å². The molecule has 1 fully saturated rings. The summed E-state index contributed by atoms with van der Waals surface area (Å²) in [6.45, 7) is 6.97. The quantitative estimate of drug-likeness (QED) is 0.606. The highest BCUT2D eigenvalue weighted by atomic mass is 16.5. The third-order valence-corrected chi connectivity index (χ3v) is 5.68. The van der Waals surface area contributed by atoms with Gasteiger partial charge in [0.1, 0.15) is 12.0 Å². The first-order valence-corrected chi connectivity index (χ1v) is 10.3. The van der Waals surface area contributed by atoms with E-state index in [1.807, 2.05) is 67.3 Å². The molecule has 0 radical (unpaired) electrons. The van der Waals surface area contributed by atoms with Crippen molar-refractivity contribution in [3.8, 4) is 5.75 Å². The zero-order valence-electron chi connectivity index (χ0n) is 17.4. The number of hydrogen-bond donors (Lipinski definition) is 0. The smallest absolute Gasteiger partial charge is 0.260 e. The number of ether oxygens (including phenoxy) is 1. The molecule has 0 aromatic heterocycles. The van der Waals surface area contributed by atoms with E-state index in [9.17, 15) is 9.59 Å². The summed E-state index contributed by atoms with van der Waals surface area (Å²) in [5.74, 6) is 0.717. The van der Waals surface area contributed by atoms with Gasteiger partial charge < -0.3 is 14.5 Å². The van der Waals surface area contributed by atoms with Gasteiger partial charge in [0.05, 0.1) is 0 Å². The van der Waals surface area contributed by atoms with E-state index in [2.05, 4.69) is 11.0 Å². The molecule has 0 unspecified atom stereocenters. The van der Waals surface area contributed by atoms with Crippen molar-refractivity contribution in [1.29, 1.82) is 0 Å². The second-order valence-electron chi connectivity index (χ2n) is 7.79. The maximum atomic E-state index is 12.6. The Morgan fingerprint density at radius 2 is 1.60 bits per heavy atom. The summed E-state index contributed by atoms with van der Waals surface area (Å²) in [6, 6.07) is 17.8. The fraction of sp³-hybridized carbons (Fsp3) is 0.280. The molecule has 0 atom stereocenters. The minimum atomic E-state index is 0.00700. The monoisotopic (exact) mass is 402 g/mol. The predicted molar refractivity (Wildman–Crippen MR) is 120 cm³/mol. The lowest BCUT2D eigenvalue weighted by atomic mass is 10.0. The van der Waals surface area contributed by atoms with E-state index >= 15 is 0 Å². The number of anilines is 1. The van der Waals surface area contributed by atoms with Gasteiger partial charge in [-0.3, -0.25) is 9.59 Å². The molecule has 3 aromatic carbocycles. The van der Waals surface area contributed by atoms with Crippen LogP contribution in [0.1, 0.15) is 21.5 Å². The zero-order chi connectivity index (χ0) is 21.1. The molecule has 1 aliphatic heterocycles. The van der Waals surface area contributed by atoms with Crippen LogP contribution in [0.2, 0.25) is 0 Å². The van der Waals surface area contributed by atoms with Gasteiger partial charge in [0.25, 0.3) is 5.91 Å². The number of hydrogen-bond acceptors (Lipinski definition) is 4. The van der Waals surface area contributed by atoms with Crippen LogP contribution >= 0.6 is 0 Å². The Morgan fingerprint density at radius 1 is 0.933 bits per heavy atom. The van der Waals surface area contributed by atoms with Gasteiger partial charge in [-0.25, -0.2) is 0 Å². The molecule has 0 saturated carbocycles. The van der Waals surface area contributed by atoms with E-state index in [1.54, 1.807) is 0 Å². The third kappa shape index (κ3) is 4.15. The maximum Gasteiger partial charge on any atom is 0.260 e. The highest BCUT2D eigenvalue weighted by Gasteiger charge is 2.23. The Bertz CT molecular complexity index is 1060. The van der Waals surface area contributed by atoms with E-state index < -0.39 is 0 Å². The van der Waals surface area contributed by atoms with Gasteiger partial charge in [-0.15, -0.1) is 0 Å². The van der Waals surface area contributed by atoms with E-state index in [0.717, 1.165) is 41.3 Å². The van der Waals surface area contributed by atoms with E-state index in [-0.39, 0.29) is 12.5 Å². The summed E-state index contributed by atoms with van der Waals surface area (Å²) in [4.78, 5) is 27.9. The van der Waals surface area contributed by atoms with Gasteiger partial charge in [0.15, 0.2) is 6.61 Å². The standard InChI is InChI=1S/C25H26N2O3/c1-18-13-20(16-28)14-19(2)25(18)27-11-9-26(10-12-27)24(29)17-30-23-8-7-21-5-3-4-6-22(21)15-23/h3-8,13-16H,9-12,17H2,1-2H3. The van der Waals surface area contributed by atoms with Gasteiger partial charge >= 0.3 is 0 Å². The van der Waals surface area contributed by atoms with E-state index in [4.69, 9.17) is 4.74 Å². The molecule has 4 rings (SSSR count). The largest absolute Gasteiger partial charge is 0.484 e. The lowest BCUT2D eigenvalue weighted by Crippen LogP contribution is -2.50. The summed E-state index contributed by atoms with van der Waals surface area (Å²) >= 11 is 0. The van der Waals surface area contributed by atoms with Crippen LogP contribution in [0.4, 0.5) is 5.69 Å². The van der Waals surface area contributed by atoms with Crippen molar-refractivity contribution in [3.63, 3.8) is 0 Å². The second-order valence-corrected chi connectivity index (χ2v) is 7.79. The molecular weight excluding hydrogens is 376 g/mol. The highest BCUT2D eigenvalue weighted by molar-refractivity contribution is 5.84. The highest BCUT2D eigenvalue weighted by Crippen LogP contribution is 2.27. The summed E-state index contributed by atoms with van der Waals surface area (Å²) in [7, 11) is 0. The molecule has 0 N–H and O–H groups in total. The number of amides is 1. The van der Waals surface area contributed by atoms with Gasteiger partial charge in [-0.2, -0.15) is 0 Å². The molecule has 1 saturated heterocycles. The number of aryl methyl sites for hydroxylation is 2. The van der Waals surface area contributed by atoms with Gasteiger partial charge in [-0.1, -0.05) is 30.3 Å². The number of fused-ring (bicyclic) bond motifs is 1. The average molecular weight is 402 g/mol. The maximum absolute atomic E-state index is 12.6. The molecule has 154 valence electrons. The van der Waals surface area contributed by atoms with Crippen LogP contribution in [-0.2, 0) is 4.79 Å². The number of carbonyl (C=O) groups excluding carboxylic acids is 2. The van der Waals surface area contributed by atoms with Crippen molar-refractivity contribution in [2.75, 3.05) is 37.7 Å². The Labute approximate surface area is 176 Å². The number of carbonyl (C=O) groups is 2. The Balaban J connectivity index is 1.34. The van der Waals surface area contributed by atoms with Crippen molar-refractivity contribution in [2.24, 2.45) is 0 Å². The van der Waals surface area contributed by atoms with Crippen LogP contribution in [0, 0.1) is 13.8 Å². The molecule has 1 amide bonds. The van der Waals surface area contributed by atoms with Crippen LogP contribution in [0.15, 0.2) is 54.6 Å². The van der Waals surface area contributed by atoms with Gasteiger partial charge in [0, 0.05) is 37.4 Å². The average Bonchev–Trinajstić information content (AvgIpc) is 2.77. The summed E-state index contributed by atoms with van der Waals surface area (Å²) in [5, 5.41) is 2.25. The predicted octanol–water partition coefficient (Wildman–Crippen LogP) is 4.00. The molecule has 1 aliphatic rings. The Kier molecular flexibility index (Phi) is 5.70. The second kappa shape index (κ2) is 8.57. The number of rotatable bonds is 5. The van der Waals surface area contributed by atoms with E-state index in [0.29, 0.717) is 24.4 Å². The molecular formula is C25H26N2O3. The van der Waals surface area contributed by atoms with Crippen LogP contribution in [-0.4, -0.2) is 49.9 Å². The van der Waals surface area contributed by atoms with E-state index in [1.165, 1.54) is 5.69 Å². The third-order valence-electron chi connectivity index (χ3n) is 5.68. The summed E-state index contributed by atoms with van der Waals surface area (Å²) in [6.07, 6.45) is 0.885. The first-order valence-electron chi connectivity index (χ1n) is 10.3. The van der Waals surface area contributed by atoms with Crippen LogP contribution in [0.3, 0.4) is 0 Å². The van der Waals surface area contributed by atoms with Crippen molar-refractivity contribution < 1.29 is 14.3 Å². The Hall–Kier alpha value is -3.34. The lowest BCUT2D eigenvalue weighted by Gasteiger charge is -2.37. The van der Waals surface area contributed by atoms with Gasteiger partial charge in [0.2, 0.25) is 0 Å². The molecule has 0 spiro atoms. The fourth-order valence-corrected chi connectivity index (χ4v) is 4.23.